The summed E-state index contributed by atoms with van der Waals surface area (Å²) in [6, 6.07) is 3.83. The van der Waals surface area contributed by atoms with E-state index in [0.29, 0.717) is 11.1 Å². The molecule has 0 heterocycles. The molecule has 3 atom stereocenters. The normalized spacial score (nSPS) is 23.4. The second kappa shape index (κ2) is 5.35. The molecule has 0 aromatic heterocycles. The quantitative estimate of drug-likeness (QED) is 0.839. The van der Waals surface area contributed by atoms with E-state index in [4.69, 9.17) is 0 Å². The molecule has 1 aromatic rings. The van der Waals surface area contributed by atoms with Crippen LogP contribution in [0.1, 0.15) is 37.9 Å². The van der Waals surface area contributed by atoms with Gasteiger partial charge in [-0.15, -0.1) is 4.72 Å². The summed E-state index contributed by atoms with van der Waals surface area (Å²) in [6.07, 6.45) is 0.251. The Kier molecular flexibility index (Phi) is 4.09. The van der Waals surface area contributed by atoms with Gasteiger partial charge < -0.3 is 9.66 Å². The number of rotatable bonds is 3. The fraction of sp³-hybridized carbons (Fsp3) is 0.500. The highest BCUT2D eigenvalue weighted by molar-refractivity contribution is 7.90. The highest BCUT2D eigenvalue weighted by Crippen LogP contribution is 2.39. The first kappa shape index (κ1) is 15.3. The van der Waals surface area contributed by atoms with Crippen LogP contribution >= 0.6 is 0 Å². The zero-order valence-corrected chi connectivity index (χ0v) is 12.5. The Hall–Kier alpha value is -1.11. The van der Waals surface area contributed by atoms with Crippen LogP contribution in [0.5, 0.6) is 0 Å². The second-order valence-electron chi connectivity index (χ2n) is 5.94. The first-order chi connectivity index (χ1) is 9.21. The van der Waals surface area contributed by atoms with Gasteiger partial charge in [-0.05, 0) is 38.8 Å². The molecule has 4 nitrogen and oxygen atoms in total. The number of hydrogen-bond acceptors (Lipinski definition) is 3. The number of hydrogen-bond donors (Lipinski definition) is 2. The molecule has 0 spiro atoms. The van der Waals surface area contributed by atoms with Gasteiger partial charge in [-0.1, -0.05) is 12.1 Å². The number of carboxylic acid groups (broad SMARTS) is 1. The van der Waals surface area contributed by atoms with Gasteiger partial charge in [0.2, 0.25) is 0 Å². The summed E-state index contributed by atoms with van der Waals surface area (Å²) in [7, 11) is 0. The highest BCUT2D eigenvalue weighted by atomic mass is 32.2. The van der Waals surface area contributed by atoms with Gasteiger partial charge in [0.15, 0.2) is 0 Å². The number of halogens is 1. The molecule has 2 rings (SSSR count). The largest absolute Gasteiger partial charge is 0.598 e. The van der Waals surface area contributed by atoms with Crippen LogP contribution in [-0.2, 0) is 22.6 Å². The third-order valence-corrected chi connectivity index (χ3v) is 4.98. The lowest BCUT2D eigenvalue weighted by Gasteiger charge is -2.28. The summed E-state index contributed by atoms with van der Waals surface area (Å²) in [5.41, 5.74) is 0.998. The predicted molar refractivity (Wildman–Crippen MR) is 75.0 cm³/mol. The Morgan fingerprint density at radius 2 is 2.15 bits per heavy atom. The third kappa shape index (κ3) is 2.82. The number of fused-ring (bicyclic) bond motifs is 1. The van der Waals surface area contributed by atoms with Gasteiger partial charge in [0.05, 0.1) is 12.0 Å². The lowest BCUT2D eigenvalue weighted by Crippen LogP contribution is -2.43. The molecule has 0 bridgehead atoms. The SMILES string of the molecule is CC(C)(C)[S@+]([O-])N[C@H]1c2c(F)cccc2C[C@H]1C(=O)O. The van der Waals surface area contributed by atoms with Crippen molar-refractivity contribution in [1.82, 2.24) is 4.72 Å². The van der Waals surface area contributed by atoms with E-state index in [1.54, 1.807) is 32.9 Å². The van der Waals surface area contributed by atoms with Crippen LogP contribution in [0, 0.1) is 11.7 Å². The average Bonchev–Trinajstić information content (AvgIpc) is 2.68. The molecule has 0 aliphatic heterocycles. The lowest BCUT2D eigenvalue weighted by molar-refractivity contribution is -0.142. The number of carbonyl (C=O) groups is 1. The smallest absolute Gasteiger partial charge is 0.308 e. The predicted octanol–water partition coefficient (Wildman–Crippen LogP) is 2.18. The molecule has 0 unspecified atom stereocenters. The van der Waals surface area contributed by atoms with Crippen molar-refractivity contribution in [2.45, 2.75) is 38.0 Å². The van der Waals surface area contributed by atoms with Gasteiger partial charge in [0.1, 0.15) is 10.6 Å². The van der Waals surface area contributed by atoms with Crippen molar-refractivity contribution in [2.24, 2.45) is 5.92 Å². The van der Waals surface area contributed by atoms with Gasteiger partial charge >= 0.3 is 5.97 Å². The fourth-order valence-corrected chi connectivity index (χ4v) is 3.19. The summed E-state index contributed by atoms with van der Waals surface area (Å²) in [5, 5.41) is 9.30. The molecule has 20 heavy (non-hydrogen) atoms. The minimum Gasteiger partial charge on any atom is -0.598 e. The first-order valence-corrected chi connectivity index (χ1v) is 7.55. The standard InChI is InChI=1S/C14H18FNO3S/c1-14(2,3)20(19)16-12-9(13(17)18)7-8-5-4-6-10(15)11(8)12/h4-6,9,12,16H,7H2,1-3H3,(H,17,18)/t9-,12-,20+/m1/s1. The van der Waals surface area contributed by atoms with Gasteiger partial charge in [-0.3, -0.25) is 4.79 Å². The van der Waals surface area contributed by atoms with Crippen LogP contribution in [0.4, 0.5) is 4.39 Å². The van der Waals surface area contributed by atoms with Crippen molar-refractivity contribution in [3.8, 4) is 0 Å². The number of benzene rings is 1. The van der Waals surface area contributed by atoms with E-state index in [-0.39, 0.29) is 6.42 Å². The summed E-state index contributed by atoms with van der Waals surface area (Å²) in [4.78, 5) is 11.4. The van der Waals surface area contributed by atoms with Crippen LogP contribution < -0.4 is 4.72 Å². The van der Waals surface area contributed by atoms with E-state index in [1.165, 1.54) is 6.07 Å². The van der Waals surface area contributed by atoms with Gasteiger partial charge in [0.25, 0.3) is 0 Å². The van der Waals surface area contributed by atoms with Gasteiger partial charge in [0, 0.05) is 16.9 Å². The van der Waals surface area contributed by atoms with E-state index >= 15 is 0 Å². The van der Waals surface area contributed by atoms with Crippen LogP contribution in [0.25, 0.3) is 0 Å². The Balaban J connectivity index is 2.35. The molecule has 0 amide bonds. The van der Waals surface area contributed by atoms with Crippen molar-refractivity contribution in [3.63, 3.8) is 0 Å². The first-order valence-electron chi connectivity index (χ1n) is 6.40. The third-order valence-electron chi connectivity index (χ3n) is 3.40. The number of aliphatic carboxylic acids is 1. The van der Waals surface area contributed by atoms with Crippen molar-refractivity contribution in [2.75, 3.05) is 0 Å². The molecule has 1 aliphatic carbocycles. The van der Waals surface area contributed by atoms with Crippen molar-refractivity contribution >= 4 is 17.3 Å². The summed E-state index contributed by atoms with van der Waals surface area (Å²) >= 11 is -1.46. The molecular formula is C14H18FNO3S. The van der Waals surface area contributed by atoms with Crippen molar-refractivity contribution in [3.05, 3.63) is 35.1 Å². The van der Waals surface area contributed by atoms with Crippen LogP contribution in [0.2, 0.25) is 0 Å². The van der Waals surface area contributed by atoms with Gasteiger partial charge in [-0.2, -0.15) is 0 Å². The number of nitrogens with one attached hydrogen (secondary N) is 1. The monoisotopic (exact) mass is 299 g/mol. The number of carboxylic acids is 1. The lowest BCUT2D eigenvalue weighted by atomic mass is 10.0. The zero-order chi connectivity index (χ0) is 15.1. The zero-order valence-electron chi connectivity index (χ0n) is 11.6. The maximum Gasteiger partial charge on any atom is 0.308 e. The van der Waals surface area contributed by atoms with Crippen LogP contribution in [0.3, 0.4) is 0 Å². The molecule has 2 N–H and O–H groups in total. The highest BCUT2D eigenvalue weighted by Gasteiger charge is 2.43. The summed E-state index contributed by atoms with van der Waals surface area (Å²) in [5.74, 6) is -2.26. The minimum absolute atomic E-state index is 0.251. The topological polar surface area (TPSA) is 72.4 Å². The molecule has 0 saturated carbocycles. The van der Waals surface area contributed by atoms with E-state index < -0.39 is 39.9 Å². The van der Waals surface area contributed by atoms with E-state index in [0.717, 1.165) is 0 Å². The van der Waals surface area contributed by atoms with Gasteiger partial charge in [-0.25, -0.2) is 4.39 Å². The van der Waals surface area contributed by atoms with E-state index in [1.807, 2.05) is 0 Å². The molecule has 0 radical (unpaired) electrons. The van der Waals surface area contributed by atoms with E-state index in [9.17, 15) is 18.8 Å². The van der Waals surface area contributed by atoms with E-state index in [2.05, 4.69) is 4.72 Å². The summed E-state index contributed by atoms with van der Waals surface area (Å²) < 4.78 is 28.4. The fourth-order valence-electron chi connectivity index (χ4n) is 2.33. The maximum atomic E-state index is 14.0. The molecule has 0 fully saturated rings. The van der Waals surface area contributed by atoms with Crippen molar-refractivity contribution in [1.29, 1.82) is 0 Å². The van der Waals surface area contributed by atoms with Crippen molar-refractivity contribution < 1.29 is 18.8 Å². The Morgan fingerprint density at radius 1 is 1.50 bits per heavy atom. The molecule has 1 aliphatic rings. The molecular weight excluding hydrogens is 281 g/mol. The molecule has 110 valence electrons. The van der Waals surface area contributed by atoms with Crippen LogP contribution in [-0.4, -0.2) is 20.4 Å². The minimum atomic E-state index is -1.46. The Bertz CT molecular complexity index is 530. The average molecular weight is 299 g/mol. The Labute approximate surface area is 120 Å². The maximum absolute atomic E-state index is 14.0. The molecule has 6 heteroatoms. The summed E-state index contributed by atoms with van der Waals surface area (Å²) in [6.45, 7) is 5.34. The Morgan fingerprint density at radius 3 is 2.70 bits per heavy atom. The van der Waals surface area contributed by atoms with Crippen LogP contribution in [0.15, 0.2) is 18.2 Å². The second-order valence-corrected chi connectivity index (χ2v) is 7.94. The molecule has 0 saturated heterocycles. The molecule has 1 aromatic carbocycles.